The largest absolute Gasteiger partial charge is 2.00 e. The number of hydrogen-bond acceptors (Lipinski definition) is 4. The van der Waals surface area contributed by atoms with E-state index in [1.54, 1.807) is 0 Å². The Morgan fingerprint density at radius 1 is 1.00 bits per heavy atom. The molecule has 0 aromatic carbocycles. The van der Waals surface area contributed by atoms with Crippen molar-refractivity contribution in [1.29, 1.82) is 0 Å². The Bertz CT molecular complexity index is 38.7. The van der Waals surface area contributed by atoms with Crippen LogP contribution in [0.5, 0.6) is 0 Å². The molecule has 0 aliphatic rings. The van der Waals surface area contributed by atoms with Crippen LogP contribution >= 0.6 is 0 Å². The molecule has 0 saturated heterocycles. The standard InChI is InChI=1S/Al.Ca.Fe.H4O4Si.5H/c;;;1-5(2,3)4;;;;;/h;;;1-4H;;;;;/q;+2;;;;;;2*-1. The topological polar surface area (TPSA) is 80.9 Å². The van der Waals surface area contributed by atoms with Crippen LogP contribution in [0.25, 0.3) is 0 Å². The van der Waals surface area contributed by atoms with Crippen molar-refractivity contribution in [3.05, 3.63) is 0 Å². The van der Waals surface area contributed by atoms with Gasteiger partial charge in [0.2, 0.25) is 0 Å². The first-order valence-corrected chi connectivity index (χ1v) is 2.68. The second kappa shape index (κ2) is 9.37. The van der Waals surface area contributed by atoms with Gasteiger partial charge in [0.15, 0.2) is 17.4 Å². The van der Waals surface area contributed by atoms with Crippen LogP contribution in [0.4, 0.5) is 0 Å². The van der Waals surface area contributed by atoms with Gasteiger partial charge in [-0.1, -0.05) is 0 Å². The molecule has 0 unspecified atom stereocenters. The van der Waals surface area contributed by atoms with E-state index in [1.165, 1.54) is 0 Å². The number of hydrogen-bond donors (Lipinski definition) is 4. The zero-order valence-corrected chi connectivity index (χ0v) is 7.66. The molecule has 0 rings (SSSR count). The molecule has 0 saturated carbocycles. The quantitative estimate of drug-likeness (QED) is 0.316. The summed E-state index contributed by atoms with van der Waals surface area (Å²) in [4.78, 5) is 29.3. The van der Waals surface area contributed by atoms with E-state index < -0.39 is 9.05 Å². The predicted molar refractivity (Wildman–Crippen MR) is 32.5 cm³/mol. The van der Waals surface area contributed by atoms with Crippen molar-refractivity contribution in [3.63, 3.8) is 0 Å². The normalized spacial score (nSPS) is 7.50. The summed E-state index contributed by atoms with van der Waals surface area (Å²) in [5.74, 6) is 0. The van der Waals surface area contributed by atoms with Gasteiger partial charge in [0.1, 0.15) is 0 Å². The van der Waals surface area contributed by atoms with Gasteiger partial charge in [-0.15, -0.1) is 0 Å². The van der Waals surface area contributed by atoms with Gasteiger partial charge in [0.05, 0.1) is 0 Å². The van der Waals surface area contributed by atoms with Crippen molar-refractivity contribution < 1.29 is 39.1 Å². The third-order valence-corrected chi connectivity index (χ3v) is 0. The van der Waals surface area contributed by atoms with E-state index in [2.05, 4.69) is 0 Å². The summed E-state index contributed by atoms with van der Waals surface area (Å²) < 4.78 is 0. The maximum absolute atomic E-state index is 7.33. The van der Waals surface area contributed by atoms with E-state index in [4.69, 9.17) is 19.2 Å². The Balaban J connectivity index is -0.00000000800. The fourth-order valence-corrected chi connectivity index (χ4v) is 0. The van der Waals surface area contributed by atoms with Crippen molar-refractivity contribution >= 4 is 64.1 Å². The van der Waals surface area contributed by atoms with E-state index in [0.717, 1.165) is 0 Å². The average molecular weight is 224 g/mol. The van der Waals surface area contributed by atoms with Gasteiger partial charge < -0.3 is 22.0 Å². The summed E-state index contributed by atoms with van der Waals surface area (Å²) in [6.07, 6.45) is 0. The molecule has 0 radical (unpaired) electrons. The molecular weight excluding hydrogens is 215 g/mol. The fourth-order valence-electron chi connectivity index (χ4n) is 0. The van der Waals surface area contributed by atoms with E-state index in [0.29, 0.717) is 0 Å². The second-order valence-electron chi connectivity index (χ2n) is 0.600. The Morgan fingerprint density at radius 2 is 1.00 bits per heavy atom. The molecule has 0 fully saturated rings. The first kappa shape index (κ1) is 22.4. The molecule has 0 aromatic rings. The molecule has 50 valence electrons. The van der Waals surface area contributed by atoms with Crippen LogP contribution in [-0.4, -0.2) is 83.3 Å². The van der Waals surface area contributed by atoms with Crippen LogP contribution in [0.2, 0.25) is 0 Å². The SMILES string of the molecule is O[Si](O)(O)O.[AlH3].[Ca+2].[Fe].[H-].[H-]. The molecule has 0 spiro atoms. The smallest absolute Gasteiger partial charge is 1.00 e. The fraction of sp³-hybridized carbons (Fsp3) is 0. The Morgan fingerprint density at radius 3 is 1.00 bits per heavy atom. The minimum atomic E-state index is -4.61. The maximum atomic E-state index is 7.33. The molecular formula is H9AlCaFeO4Si. The van der Waals surface area contributed by atoms with Crippen LogP contribution in [0.15, 0.2) is 0 Å². The number of rotatable bonds is 0. The molecule has 4 N–H and O–H groups in total. The predicted octanol–water partition coefficient (Wildman–Crippen LogP) is -3.95. The summed E-state index contributed by atoms with van der Waals surface area (Å²) in [6.45, 7) is 0. The zero-order chi connectivity index (χ0) is 4.50. The van der Waals surface area contributed by atoms with Crippen molar-refractivity contribution in [3.8, 4) is 0 Å². The van der Waals surface area contributed by atoms with Gasteiger partial charge in [-0.3, -0.25) is 0 Å². The Kier molecular flexibility index (Phi) is 26.3. The molecule has 0 aromatic heterocycles. The summed E-state index contributed by atoms with van der Waals surface area (Å²) in [5.41, 5.74) is 0. The summed E-state index contributed by atoms with van der Waals surface area (Å²) in [5, 5.41) is 0. The van der Waals surface area contributed by atoms with Gasteiger partial charge in [0.25, 0.3) is 0 Å². The van der Waals surface area contributed by atoms with Crippen molar-refractivity contribution in [2.45, 2.75) is 0 Å². The van der Waals surface area contributed by atoms with Crippen molar-refractivity contribution in [2.75, 3.05) is 0 Å². The van der Waals surface area contributed by atoms with Crippen molar-refractivity contribution in [2.24, 2.45) is 0 Å². The minimum absolute atomic E-state index is 0. The average Bonchev–Trinajstić information content (AvgIpc) is 0.722. The van der Waals surface area contributed by atoms with E-state index >= 15 is 0 Å². The second-order valence-corrected chi connectivity index (χ2v) is 1.80. The van der Waals surface area contributed by atoms with E-state index in [-0.39, 0.29) is 75.0 Å². The summed E-state index contributed by atoms with van der Waals surface area (Å²) >= 11 is 0. The van der Waals surface area contributed by atoms with Crippen LogP contribution in [0, 0.1) is 0 Å². The van der Waals surface area contributed by atoms with E-state index in [9.17, 15) is 0 Å². The molecule has 0 aliphatic heterocycles. The van der Waals surface area contributed by atoms with Crippen molar-refractivity contribution in [1.82, 2.24) is 0 Å². The van der Waals surface area contributed by atoms with Crippen LogP contribution in [0.3, 0.4) is 0 Å². The summed E-state index contributed by atoms with van der Waals surface area (Å²) in [6, 6.07) is 0. The molecule has 4 nitrogen and oxygen atoms in total. The van der Waals surface area contributed by atoms with Crippen LogP contribution < -0.4 is 0 Å². The first-order valence-electron chi connectivity index (χ1n) is 0.894. The Hall–Kier alpha value is 2.37. The van der Waals surface area contributed by atoms with E-state index in [1.807, 2.05) is 0 Å². The Labute approximate surface area is 102 Å². The zero-order valence-electron chi connectivity index (χ0n) is 5.35. The van der Waals surface area contributed by atoms with Gasteiger partial charge in [0, 0.05) is 17.1 Å². The monoisotopic (exact) mass is 224 g/mol. The molecule has 0 aliphatic carbocycles. The maximum Gasteiger partial charge on any atom is 2.00 e. The van der Waals surface area contributed by atoms with Gasteiger partial charge in [-0.25, -0.2) is 0 Å². The van der Waals surface area contributed by atoms with Gasteiger partial charge in [-0.2, -0.15) is 0 Å². The first-order chi connectivity index (χ1) is 2.00. The van der Waals surface area contributed by atoms with Crippen LogP contribution in [-0.2, 0) is 17.1 Å². The molecule has 0 heterocycles. The molecule has 8 heavy (non-hydrogen) atoms. The minimum Gasteiger partial charge on any atom is -1.00 e. The third kappa shape index (κ3) is 81.0. The van der Waals surface area contributed by atoms with Gasteiger partial charge in [-0.05, 0) is 0 Å². The molecule has 0 amide bonds. The molecule has 8 heteroatoms. The van der Waals surface area contributed by atoms with Gasteiger partial charge >= 0.3 is 46.8 Å². The van der Waals surface area contributed by atoms with Crippen LogP contribution in [0.1, 0.15) is 2.85 Å². The molecule has 0 bridgehead atoms. The molecule has 0 atom stereocenters. The summed E-state index contributed by atoms with van der Waals surface area (Å²) in [7, 11) is -4.61. The third-order valence-electron chi connectivity index (χ3n) is 0.